The average Bonchev–Trinajstić information content (AvgIpc) is 2.38. The topological polar surface area (TPSA) is 58.2 Å². The summed E-state index contributed by atoms with van der Waals surface area (Å²) in [6, 6.07) is 8.14. The van der Waals surface area contributed by atoms with Crippen molar-refractivity contribution in [3.8, 4) is 0 Å². The Morgan fingerprint density at radius 3 is 2.65 bits per heavy atom. The maximum absolute atomic E-state index is 12.0. The van der Waals surface area contributed by atoms with Crippen molar-refractivity contribution in [2.24, 2.45) is 0 Å². The van der Waals surface area contributed by atoms with Crippen molar-refractivity contribution in [1.29, 1.82) is 0 Å². The highest BCUT2D eigenvalue weighted by Gasteiger charge is 2.19. The molecule has 0 bridgehead atoms. The van der Waals surface area contributed by atoms with E-state index in [1.165, 1.54) is 5.56 Å². The zero-order valence-corrected chi connectivity index (χ0v) is 13.5. The van der Waals surface area contributed by atoms with Gasteiger partial charge >= 0.3 is 0 Å². The van der Waals surface area contributed by atoms with E-state index < -0.39 is 15.3 Å². The molecule has 114 valence electrons. The molecule has 4 nitrogen and oxygen atoms in total. The van der Waals surface area contributed by atoms with Gasteiger partial charge in [0.05, 0.1) is 5.25 Å². The van der Waals surface area contributed by atoms with E-state index in [1.807, 2.05) is 25.1 Å². The molecule has 1 aromatic rings. The van der Waals surface area contributed by atoms with Gasteiger partial charge in [0.25, 0.3) is 0 Å². The van der Waals surface area contributed by atoms with Gasteiger partial charge in [0.1, 0.15) is 0 Å². The molecule has 0 amide bonds. The molecule has 5 heteroatoms. The van der Waals surface area contributed by atoms with Gasteiger partial charge in [-0.2, -0.15) is 0 Å². The van der Waals surface area contributed by atoms with Crippen LogP contribution >= 0.6 is 0 Å². The second-order valence-electron chi connectivity index (χ2n) is 5.19. The van der Waals surface area contributed by atoms with E-state index in [2.05, 4.69) is 23.0 Å². The molecule has 0 heterocycles. The van der Waals surface area contributed by atoms with E-state index >= 15 is 0 Å². The summed E-state index contributed by atoms with van der Waals surface area (Å²) in [5.74, 6) is 0. The molecule has 0 aliphatic rings. The Bertz CT molecular complexity index is 500. The molecule has 0 radical (unpaired) electrons. The van der Waals surface area contributed by atoms with Crippen LogP contribution in [0.3, 0.4) is 0 Å². The van der Waals surface area contributed by atoms with E-state index in [0.717, 1.165) is 24.9 Å². The van der Waals surface area contributed by atoms with Gasteiger partial charge in [-0.1, -0.05) is 36.8 Å². The Labute approximate surface area is 123 Å². The molecule has 0 saturated heterocycles. The number of aryl methyl sites for hydroxylation is 1. The monoisotopic (exact) mass is 298 g/mol. The molecular formula is C15H26N2O2S. The van der Waals surface area contributed by atoms with Crippen LogP contribution in [0, 0.1) is 6.92 Å². The largest absolute Gasteiger partial charge is 0.315 e. The third-order valence-electron chi connectivity index (χ3n) is 3.19. The summed E-state index contributed by atoms with van der Waals surface area (Å²) in [6.07, 6.45) is 1.73. The van der Waals surface area contributed by atoms with Crippen LogP contribution in [0.25, 0.3) is 0 Å². The molecule has 0 aliphatic carbocycles. The number of rotatable bonds is 9. The molecule has 0 spiro atoms. The first-order valence-electron chi connectivity index (χ1n) is 7.20. The van der Waals surface area contributed by atoms with Crippen molar-refractivity contribution in [2.45, 2.75) is 38.9 Å². The molecule has 0 fully saturated rings. The first-order valence-corrected chi connectivity index (χ1v) is 8.75. The van der Waals surface area contributed by atoms with Crippen LogP contribution < -0.4 is 10.0 Å². The van der Waals surface area contributed by atoms with Crippen molar-refractivity contribution in [1.82, 2.24) is 10.0 Å². The Kier molecular flexibility index (Phi) is 7.19. The lowest BCUT2D eigenvalue weighted by Crippen LogP contribution is -2.39. The summed E-state index contributed by atoms with van der Waals surface area (Å²) in [7, 11) is -3.23. The van der Waals surface area contributed by atoms with Gasteiger partial charge in [0.15, 0.2) is 0 Å². The van der Waals surface area contributed by atoms with E-state index in [-0.39, 0.29) is 0 Å². The van der Waals surface area contributed by atoms with Gasteiger partial charge in [-0.3, -0.25) is 0 Å². The highest BCUT2D eigenvalue weighted by molar-refractivity contribution is 7.90. The van der Waals surface area contributed by atoms with E-state index in [1.54, 1.807) is 6.92 Å². The molecule has 0 aromatic heterocycles. The number of nitrogens with one attached hydrogen (secondary N) is 2. The van der Waals surface area contributed by atoms with Crippen molar-refractivity contribution >= 4 is 10.0 Å². The number of hydrogen-bond donors (Lipinski definition) is 2. The predicted octanol–water partition coefficient (Wildman–Crippen LogP) is 1.85. The lowest BCUT2D eigenvalue weighted by atomic mass is 10.1. The van der Waals surface area contributed by atoms with E-state index in [0.29, 0.717) is 13.1 Å². The van der Waals surface area contributed by atoms with E-state index in [9.17, 15) is 8.42 Å². The van der Waals surface area contributed by atoms with Gasteiger partial charge in [-0.05, 0) is 38.8 Å². The van der Waals surface area contributed by atoms with Crippen molar-refractivity contribution in [3.63, 3.8) is 0 Å². The quantitative estimate of drug-likeness (QED) is 0.684. The maximum Gasteiger partial charge on any atom is 0.215 e. The molecular weight excluding hydrogens is 272 g/mol. The number of benzene rings is 1. The molecule has 20 heavy (non-hydrogen) atoms. The van der Waals surface area contributed by atoms with Crippen LogP contribution in [-0.4, -0.2) is 33.3 Å². The molecule has 0 saturated carbocycles. The molecule has 2 N–H and O–H groups in total. The van der Waals surface area contributed by atoms with Crippen LogP contribution in [0.5, 0.6) is 0 Å². The van der Waals surface area contributed by atoms with Crippen LogP contribution in [0.4, 0.5) is 0 Å². The zero-order valence-electron chi connectivity index (χ0n) is 12.6. The lowest BCUT2D eigenvalue weighted by molar-refractivity contribution is 0.557. The van der Waals surface area contributed by atoms with Gasteiger partial charge in [0, 0.05) is 13.1 Å². The molecule has 1 aromatic carbocycles. The molecule has 0 aliphatic heterocycles. The summed E-state index contributed by atoms with van der Waals surface area (Å²) >= 11 is 0. The van der Waals surface area contributed by atoms with Crippen molar-refractivity contribution in [2.75, 3.05) is 19.6 Å². The Morgan fingerprint density at radius 1 is 1.25 bits per heavy atom. The Balaban J connectivity index is 2.39. The highest BCUT2D eigenvalue weighted by atomic mass is 32.2. The third kappa shape index (κ3) is 6.03. The zero-order chi connectivity index (χ0) is 15.0. The van der Waals surface area contributed by atoms with Gasteiger partial charge in [-0.25, -0.2) is 13.1 Å². The normalized spacial score (nSPS) is 13.3. The first kappa shape index (κ1) is 17.1. The van der Waals surface area contributed by atoms with E-state index in [4.69, 9.17) is 0 Å². The van der Waals surface area contributed by atoms with Gasteiger partial charge in [0.2, 0.25) is 10.0 Å². The highest BCUT2D eigenvalue weighted by Crippen LogP contribution is 2.05. The predicted molar refractivity (Wildman–Crippen MR) is 84.4 cm³/mol. The minimum Gasteiger partial charge on any atom is -0.315 e. The minimum atomic E-state index is -3.23. The Morgan fingerprint density at radius 2 is 2.00 bits per heavy atom. The van der Waals surface area contributed by atoms with Crippen LogP contribution in [-0.2, 0) is 16.4 Å². The van der Waals surface area contributed by atoms with Crippen LogP contribution in [0.15, 0.2) is 24.3 Å². The fourth-order valence-corrected chi connectivity index (χ4v) is 2.95. The summed E-state index contributed by atoms with van der Waals surface area (Å²) in [5, 5.41) is 2.73. The number of sulfonamides is 1. The Hall–Kier alpha value is -0.910. The SMILES string of the molecule is CCCNCC(C)S(=O)(=O)NCCc1cccc(C)c1. The van der Waals surface area contributed by atoms with Gasteiger partial charge in [-0.15, -0.1) is 0 Å². The fraction of sp³-hybridized carbons (Fsp3) is 0.600. The summed E-state index contributed by atoms with van der Waals surface area (Å²) in [4.78, 5) is 0. The van der Waals surface area contributed by atoms with Gasteiger partial charge < -0.3 is 5.32 Å². The molecule has 1 atom stereocenters. The smallest absolute Gasteiger partial charge is 0.215 e. The van der Waals surface area contributed by atoms with Crippen molar-refractivity contribution in [3.05, 3.63) is 35.4 Å². The second kappa shape index (κ2) is 8.39. The first-order chi connectivity index (χ1) is 9.45. The second-order valence-corrected chi connectivity index (χ2v) is 7.38. The lowest BCUT2D eigenvalue weighted by Gasteiger charge is -2.14. The number of hydrogen-bond acceptors (Lipinski definition) is 3. The summed E-state index contributed by atoms with van der Waals surface area (Å²) in [6.45, 7) is 7.62. The van der Waals surface area contributed by atoms with Crippen LogP contribution in [0.2, 0.25) is 0 Å². The summed E-state index contributed by atoms with van der Waals surface area (Å²) in [5.41, 5.74) is 2.35. The molecule has 1 rings (SSSR count). The average molecular weight is 298 g/mol. The maximum atomic E-state index is 12.0. The summed E-state index contributed by atoms with van der Waals surface area (Å²) < 4.78 is 26.7. The van der Waals surface area contributed by atoms with Crippen molar-refractivity contribution < 1.29 is 8.42 Å². The third-order valence-corrected chi connectivity index (χ3v) is 5.02. The fourth-order valence-electron chi connectivity index (χ4n) is 1.94. The minimum absolute atomic E-state index is 0.411. The van der Waals surface area contributed by atoms with Crippen LogP contribution in [0.1, 0.15) is 31.4 Å². The standard InChI is InChI=1S/C15H26N2O2S/c1-4-9-16-12-14(3)20(18,19)17-10-8-15-7-5-6-13(2)11-15/h5-7,11,14,16-17H,4,8-10,12H2,1-3H3. The molecule has 1 unspecified atom stereocenters.